The lowest BCUT2D eigenvalue weighted by Gasteiger charge is -2.31. The quantitative estimate of drug-likeness (QED) is 0.586. The van der Waals surface area contributed by atoms with Crippen LogP contribution >= 0.6 is 11.3 Å². The standard InChI is InChI=1S/C23H23NO3S/c1-27-15-20-10-11-21(28-20)23(26)24-12-4-7-19(14-24)22(25)18-9-8-16-5-2-3-6-17(16)13-18/h2-3,5-6,8-11,13,19H,4,7,12,14-15H2,1H3/t19-/m0/s1. The Hall–Kier alpha value is -2.50. The highest BCUT2D eigenvalue weighted by atomic mass is 32.1. The predicted molar refractivity (Wildman–Crippen MR) is 112 cm³/mol. The smallest absolute Gasteiger partial charge is 0.263 e. The van der Waals surface area contributed by atoms with E-state index in [0.717, 1.165) is 34.1 Å². The minimum atomic E-state index is -0.141. The van der Waals surface area contributed by atoms with Crippen molar-refractivity contribution in [2.45, 2.75) is 19.4 Å². The number of carbonyl (C=O) groups is 2. The molecular formula is C23H23NO3S. The van der Waals surface area contributed by atoms with Crippen LogP contribution in [0.1, 0.15) is 37.7 Å². The highest BCUT2D eigenvalue weighted by Gasteiger charge is 2.30. The number of methoxy groups -OCH3 is 1. The van der Waals surface area contributed by atoms with Gasteiger partial charge in [-0.2, -0.15) is 0 Å². The highest BCUT2D eigenvalue weighted by Crippen LogP contribution is 2.26. The molecule has 1 aliphatic rings. The number of nitrogens with zero attached hydrogens (tertiary/aromatic N) is 1. The number of benzene rings is 2. The maximum absolute atomic E-state index is 13.1. The van der Waals surface area contributed by atoms with E-state index in [-0.39, 0.29) is 17.6 Å². The topological polar surface area (TPSA) is 46.6 Å². The fourth-order valence-electron chi connectivity index (χ4n) is 3.82. The summed E-state index contributed by atoms with van der Waals surface area (Å²) in [5.74, 6) is 0.00939. The minimum Gasteiger partial charge on any atom is -0.379 e. The average molecular weight is 394 g/mol. The largest absolute Gasteiger partial charge is 0.379 e. The molecular weight excluding hydrogens is 370 g/mol. The molecule has 1 fully saturated rings. The zero-order valence-electron chi connectivity index (χ0n) is 15.9. The number of amides is 1. The molecule has 2 heterocycles. The van der Waals surface area contributed by atoms with Gasteiger partial charge in [0.2, 0.25) is 0 Å². The Morgan fingerprint density at radius 2 is 1.93 bits per heavy atom. The van der Waals surface area contributed by atoms with Crippen LogP contribution in [0.15, 0.2) is 54.6 Å². The molecule has 0 unspecified atom stereocenters. The Labute approximate surface area is 168 Å². The van der Waals surface area contributed by atoms with Crippen molar-refractivity contribution < 1.29 is 14.3 Å². The van der Waals surface area contributed by atoms with Gasteiger partial charge in [0, 0.05) is 36.6 Å². The molecule has 28 heavy (non-hydrogen) atoms. The second-order valence-corrected chi connectivity index (χ2v) is 8.38. The normalized spacial score (nSPS) is 17.0. The number of rotatable bonds is 5. The lowest BCUT2D eigenvalue weighted by atomic mass is 9.89. The Balaban J connectivity index is 1.49. The molecule has 1 aliphatic heterocycles. The summed E-state index contributed by atoms with van der Waals surface area (Å²) < 4.78 is 5.14. The van der Waals surface area contributed by atoms with Crippen molar-refractivity contribution in [1.29, 1.82) is 0 Å². The van der Waals surface area contributed by atoms with Crippen molar-refractivity contribution in [1.82, 2.24) is 4.90 Å². The third-order valence-electron chi connectivity index (χ3n) is 5.27. The predicted octanol–water partition coefficient (Wildman–Crippen LogP) is 4.78. The van der Waals surface area contributed by atoms with Gasteiger partial charge in [-0.3, -0.25) is 9.59 Å². The minimum absolute atomic E-state index is 0.0170. The third kappa shape index (κ3) is 3.86. The first-order chi connectivity index (χ1) is 13.7. The molecule has 1 atom stereocenters. The van der Waals surface area contributed by atoms with Crippen LogP contribution in [-0.2, 0) is 11.3 Å². The number of carbonyl (C=O) groups excluding carboxylic acids is 2. The molecule has 0 saturated carbocycles. The van der Waals surface area contributed by atoms with E-state index in [2.05, 4.69) is 0 Å². The van der Waals surface area contributed by atoms with Gasteiger partial charge in [0.15, 0.2) is 5.78 Å². The monoisotopic (exact) mass is 393 g/mol. The van der Waals surface area contributed by atoms with Crippen LogP contribution in [0.5, 0.6) is 0 Å². The molecule has 0 aliphatic carbocycles. The van der Waals surface area contributed by atoms with Crippen molar-refractivity contribution in [3.63, 3.8) is 0 Å². The summed E-state index contributed by atoms with van der Waals surface area (Å²) >= 11 is 1.47. The maximum Gasteiger partial charge on any atom is 0.263 e. The number of hydrogen-bond acceptors (Lipinski definition) is 4. The number of likely N-dealkylation sites (tertiary alicyclic amines) is 1. The molecule has 4 nitrogen and oxygen atoms in total. The van der Waals surface area contributed by atoms with Crippen molar-refractivity contribution in [3.8, 4) is 0 Å². The van der Waals surface area contributed by atoms with Crippen molar-refractivity contribution in [2.24, 2.45) is 5.92 Å². The van der Waals surface area contributed by atoms with Gasteiger partial charge in [0.25, 0.3) is 5.91 Å². The SMILES string of the molecule is COCc1ccc(C(=O)N2CCC[C@H](C(=O)c3ccc4ccccc4c3)C2)s1. The highest BCUT2D eigenvalue weighted by molar-refractivity contribution is 7.14. The Bertz CT molecular complexity index is 1010. The Kier molecular flexibility index (Phi) is 5.55. The molecule has 0 radical (unpaired) electrons. The fourth-order valence-corrected chi connectivity index (χ4v) is 4.77. The summed E-state index contributed by atoms with van der Waals surface area (Å²) in [6, 6.07) is 17.7. The molecule has 2 aromatic carbocycles. The zero-order valence-corrected chi connectivity index (χ0v) is 16.7. The van der Waals surface area contributed by atoms with E-state index in [1.165, 1.54) is 11.3 Å². The molecule has 144 valence electrons. The van der Waals surface area contributed by atoms with E-state index in [9.17, 15) is 9.59 Å². The van der Waals surface area contributed by atoms with E-state index < -0.39 is 0 Å². The number of thiophene rings is 1. The van der Waals surface area contributed by atoms with Gasteiger partial charge in [-0.15, -0.1) is 11.3 Å². The van der Waals surface area contributed by atoms with Crippen molar-refractivity contribution >= 4 is 33.8 Å². The van der Waals surface area contributed by atoms with Gasteiger partial charge in [0.05, 0.1) is 11.5 Å². The number of hydrogen-bond donors (Lipinski definition) is 0. The molecule has 3 aromatic rings. The van der Waals surface area contributed by atoms with Crippen molar-refractivity contribution in [3.05, 3.63) is 69.9 Å². The van der Waals surface area contributed by atoms with E-state index in [4.69, 9.17) is 4.74 Å². The van der Waals surface area contributed by atoms with E-state index in [0.29, 0.717) is 24.6 Å². The Morgan fingerprint density at radius 3 is 2.75 bits per heavy atom. The molecule has 4 rings (SSSR count). The van der Waals surface area contributed by atoms with Crippen LogP contribution in [0.25, 0.3) is 10.8 Å². The molecule has 1 aromatic heterocycles. The number of ether oxygens (including phenoxy) is 1. The van der Waals surface area contributed by atoms with E-state index in [1.54, 1.807) is 7.11 Å². The molecule has 0 bridgehead atoms. The second kappa shape index (κ2) is 8.25. The van der Waals surface area contributed by atoms with Crippen LogP contribution < -0.4 is 0 Å². The number of piperidine rings is 1. The second-order valence-electron chi connectivity index (χ2n) is 7.22. The lowest BCUT2D eigenvalue weighted by molar-refractivity contribution is 0.0641. The first-order valence-corrected chi connectivity index (χ1v) is 10.4. The van der Waals surface area contributed by atoms with Crippen molar-refractivity contribution in [2.75, 3.05) is 20.2 Å². The van der Waals surface area contributed by atoms with Crippen LogP contribution in [0, 0.1) is 5.92 Å². The molecule has 0 spiro atoms. The van der Waals surface area contributed by atoms with Gasteiger partial charge in [-0.05, 0) is 41.8 Å². The van der Waals surface area contributed by atoms with Gasteiger partial charge in [-0.25, -0.2) is 0 Å². The van der Waals surface area contributed by atoms with Crippen LogP contribution in [0.4, 0.5) is 0 Å². The molecule has 1 saturated heterocycles. The average Bonchev–Trinajstić information content (AvgIpc) is 3.21. The zero-order chi connectivity index (χ0) is 19.5. The Morgan fingerprint density at radius 1 is 1.11 bits per heavy atom. The molecule has 0 N–H and O–H groups in total. The van der Waals surface area contributed by atoms with E-state index in [1.807, 2.05) is 59.5 Å². The van der Waals surface area contributed by atoms with Gasteiger partial charge < -0.3 is 9.64 Å². The van der Waals surface area contributed by atoms with Gasteiger partial charge in [-0.1, -0.05) is 36.4 Å². The van der Waals surface area contributed by atoms with Gasteiger partial charge >= 0.3 is 0 Å². The summed E-state index contributed by atoms with van der Waals surface area (Å²) in [6.45, 7) is 1.71. The van der Waals surface area contributed by atoms with Crippen LogP contribution in [0.3, 0.4) is 0 Å². The summed E-state index contributed by atoms with van der Waals surface area (Å²) in [6.07, 6.45) is 1.68. The first kappa shape index (κ1) is 18.8. The summed E-state index contributed by atoms with van der Waals surface area (Å²) in [7, 11) is 1.65. The number of fused-ring (bicyclic) bond motifs is 1. The van der Waals surface area contributed by atoms with E-state index >= 15 is 0 Å². The van der Waals surface area contributed by atoms with Crippen LogP contribution in [-0.4, -0.2) is 36.8 Å². The van der Waals surface area contributed by atoms with Crippen LogP contribution in [0.2, 0.25) is 0 Å². The van der Waals surface area contributed by atoms with Gasteiger partial charge in [0.1, 0.15) is 0 Å². The third-order valence-corrected chi connectivity index (χ3v) is 6.32. The molecule has 1 amide bonds. The number of Topliss-reactive ketones (excluding diaryl/α,β-unsaturated/α-hetero) is 1. The lowest BCUT2D eigenvalue weighted by Crippen LogP contribution is -2.42. The summed E-state index contributed by atoms with van der Waals surface area (Å²) in [5, 5.41) is 2.20. The fraction of sp³-hybridized carbons (Fsp3) is 0.304. The molecule has 5 heteroatoms. The summed E-state index contributed by atoms with van der Waals surface area (Å²) in [4.78, 5) is 29.5. The number of ketones is 1. The maximum atomic E-state index is 13.1. The summed E-state index contributed by atoms with van der Waals surface area (Å²) in [5.41, 5.74) is 0.733. The first-order valence-electron chi connectivity index (χ1n) is 9.55.